The molecule has 28 heavy (non-hydrogen) atoms. The van der Waals surface area contributed by atoms with Gasteiger partial charge in [0.1, 0.15) is 5.82 Å². The Morgan fingerprint density at radius 1 is 1.18 bits per heavy atom. The zero-order chi connectivity index (χ0) is 20.3. The van der Waals surface area contributed by atoms with E-state index in [1.807, 2.05) is 0 Å². The summed E-state index contributed by atoms with van der Waals surface area (Å²) in [4.78, 5) is 13.2. The van der Waals surface area contributed by atoms with Gasteiger partial charge in [-0.25, -0.2) is 15.0 Å². The first-order valence-corrected chi connectivity index (χ1v) is 9.79. The summed E-state index contributed by atoms with van der Waals surface area (Å²) in [5, 5.41) is 10.2. The summed E-state index contributed by atoms with van der Waals surface area (Å²) in [5.41, 5.74) is 1.51. The lowest BCUT2D eigenvalue weighted by atomic mass is 9.82. The van der Waals surface area contributed by atoms with Crippen LogP contribution in [0.2, 0.25) is 0 Å². The Bertz CT molecular complexity index is 805. The van der Waals surface area contributed by atoms with Crippen molar-refractivity contribution < 1.29 is 23.0 Å². The van der Waals surface area contributed by atoms with Crippen molar-refractivity contribution in [3.63, 3.8) is 0 Å². The fourth-order valence-corrected chi connectivity index (χ4v) is 3.56. The van der Waals surface area contributed by atoms with Crippen molar-refractivity contribution >= 4 is 10.9 Å². The maximum absolute atomic E-state index is 12.6. The van der Waals surface area contributed by atoms with Gasteiger partial charge in [-0.05, 0) is 37.5 Å². The molecule has 0 aliphatic heterocycles. The Morgan fingerprint density at radius 2 is 1.89 bits per heavy atom. The molecular weight excluding hydrogens is 371 g/mol. The summed E-state index contributed by atoms with van der Waals surface area (Å²) in [6, 6.07) is 0. The van der Waals surface area contributed by atoms with E-state index >= 15 is 0 Å². The number of halogens is 3. The van der Waals surface area contributed by atoms with Crippen molar-refractivity contribution in [2.24, 2.45) is 5.92 Å². The Hall–Kier alpha value is -1.96. The van der Waals surface area contributed by atoms with E-state index < -0.39 is 12.8 Å². The van der Waals surface area contributed by atoms with E-state index in [0.29, 0.717) is 41.9 Å². The highest BCUT2D eigenvalue weighted by Gasteiger charge is 2.30. The highest BCUT2D eigenvalue weighted by Crippen LogP contribution is 2.37. The smallest absolute Gasteiger partial charge is 0.422 e. The monoisotopic (exact) mass is 397 g/mol. The third-order valence-electron chi connectivity index (χ3n) is 5.40. The molecule has 154 valence electrons. The van der Waals surface area contributed by atoms with Crippen molar-refractivity contribution in [2.45, 2.75) is 70.6 Å². The lowest BCUT2D eigenvalue weighted by Crippen LogP contribution is -2.20. The fraction of sp³-hybridized carbons (Fsp3) is 0.650. The first-order valence-electron chi connectivity index (χ1n) is 9.79. The van der Waals surface area contributed by atoms with E-state index in [4.69, 9.17) is 4.74 Å². The molecule has 2 aromatic rings. The van der Waals surface area contributed by atoms with Gasteiger partial charge in [0.15, 0.2) is 6.61 Å². The van der Waals surface area contributed by atoms with Crippen LogP contribution in [0.5, 0.6) is 5.88 Å². The molecule has 1 aliphatic carbocycles. The quantitative estimate of drug-likeness (QED) is 0.773. The molecule has 1 atom stereocenters. The summed E-state index contributed by atoms with van der Waals surface area (Å²) in [7, 11) is 0. The summed E-state index contributed by atoms with van der Waals surface area (Å²) >= 11 is 0. The molecule has 1 fully saturated rings. The van der Waals surface area contributed by atoms with Crippen molar-refractivity contribution in [1.29, 1.82) is 0 Å². The van der Waals surface area contributed by atoms with Crippen LogP contribution >= 0.6 is 0 Å². The number of hydrogen-bond donors (Lipinski definition) is 1. The number of rotatable bonds is 6. The molecule has 1 saturated carbocycles. The maximum Gasteiger partial charge on any atom is 0.422 e. The van der Waals surface area contributed by atoms with Crippen molar-refractivity contribution in [2.75, 3.05) is 6.61 Å². The number of nitrogens with zero attached hydrogens (tertiary/aromatic N) is 3. The topological polar surface area (TPSA) is 68.1 Å². The van der Waals surface area contributed by atoms with Crippen molar-refractivity contribution in [3.05, 3.63) is 23.8 Å². The van der Waals surface area contributed by atoms with E-state index in [-0.39, 0.29) is 17.9 Å². The molecule has 2 heterocycles. The van der Waals surface area contributed by atoms with Gasteiger partial charge in [-0.2, -0.15) is 13.2 Å². The second-order valence-electron chi connectivity index (χ2n) is 7.69. The molecule has 3 rings (SSSR count). The molecule has 0 radical (unpaired) electrons. The van der Waals surface area contributed by atoms with Crippen LogP contribution in [-0.4, -0.2) is 38.9 Å². The zero-order valence-corrected chi connectivity index (χ0v) is 16.2. The first-order chi connectivity index (χ1) is 13.3. The maximum atomic E-state index is 12.6. The predicted molar refractivity (Wildman–Crippen MR) is 99.3 cm³/mol. The lowest BCUT2D eigenvalue weighted by molar-refractivity contribution is -0.153. The number of ether oxygens (including phenoxy) is 1. The van der Waals surface area contributed by atoms with Crippen LogP contribution in [0.1, 0.15) is 63.3 Å². The number of aromatic nitrogens is 3. The largest absolute Gasteiger partial charge is 0.467 e. The molecule has 0 spiro atoms. The van der Waals surface area contributed by atoms with Gasteiger partial charge in [0.05, 0.1) is 17.0 Å². The highest BCUT2D eigenvalue weighted by atomic mass is 19.4. The van der Waals surface area contributed by atoms with Crippen LogP contribution in [0.4, 0.5) is 13.2 Å². The van der Waals surface area contributed by atoms with Gasteiger partial charge in [0.25, 0.3) is 0 Å². The van der Waals surface area contributed by atoms with Gasteiger partial charge >= 0.3 is 6.18 Å². The molecule has 8 heteroatoms. The minimum atomic E-state index is -4.44. The third kappa shape index (κ3) is 5.10. The molecule has 0 bridgehead atoms. The molecule has 1 aliphatic rings. The van der Waals surface area contributed by atoms with E-state index in [9.17, 15) is 18.3 Å². The molecule has 5 nitrogen and oxygen atoms in total. The Morgan fingerprint density at radius 3 is 2.54 bits per heavy atom. The van der Waals surface area contributed by atoms with Gasteiger partial charge < -0.3 is 9.84 Å². The van der Waals surface area contributed by atoms with Gasteiger partial charge in [0, 0.05) is 24.4 Å². The number of pyridine rings is 1. The Labute approximate surface area is 162 Å². The molecule has 0 aromatic carbocycles. The molecular formula is C20H26F3N3O2. The standard InChI is InChI=1S/C20H26F3N3O2/c1-3-12(2)8-17-24-10-16-18(26-17)15(13-4-6-14(27)7-5-13)9-25-19(16)28-11-20(21,22)23/h9-10,12-14,27H,3-8,11H2,1-2H3/t12-,13?,14?/m0/s1. The van der Waals surface area contributed by atoms with Crippen molar-refractivity contribution in [1.82, 2.24) is 15.0 Å². The average Bonchev–Trinajstić information content (AvgIpc) is 2.66. The second kappa shape index (κ2) is 8.59. The van der Waals surface area contributed by atoms with Crippen molar-refractivity contribution in [3.8, 4) is 5.88 Å². The lowest BCUT2D eigenvalue weighted by Gasteiger charge is -2.26. The number of hydrogen-bond acceptors (Lipinski definition) is 5. The summed E-state index contributed by atoms with van der Waals surface area (Å²) < 4.78 is 42.7. The van der Waals surface area contributed by atoms with Crippen LogP contribution in [0.3, 0.4) is 0 Å². The molecule has 0 saturated heterocycles. The van der Waals surface area contributed by atoms with E-state index in [2.05, 4.69) is 28.8 Å². The SMILES string of the molecule is CC[C@H](C)Cc1ncc2c(OCC(F)(F)F)ncc(C3CCC(O)CC3)c2n1. The number of aliphatic hydroxyl groups excluding tert-OH is 1. The minimum absolute atomic E-state index is 0.0954. The normalized spacial score (nSPS) is 21.6. The molecule has 1 N–H and O–H groups in total. The van der Waals surface area contributed by atoms with Crippen LogP contribution in [0, 0.1) is 5.92 Å². The fourth-order valence-electron chi connectivity index (χ4n) is 3.56. The minimum Gasteiger partial charge on any atom is -0.467 e. The second-order valence-corrected chi connectivity index (χ2v) is 7.69. The van der Waals surface area contributed by atoms with Crippen LogP contribution < -0.4 is 4.74 Å². The predicted octanol–water partition coefficient (Wildman–Crippen LogP) is 4.57. The Kier molecular flexibility index (Phi) is 6.37. The van der Waals surface area contributed by atoms with Crippen LogP contribution in [0.25, 0.3) is 10.9 Å². The Balaban J connectivity index is 1.99. The molecule has 0 unspecified atom stereocenters. The average molecular weight is 397 g/mol. The highest BCUT2D eigenvalue weighted by molar-refractivity contribution is 5.85. The third-order valence-corrected chi connectivity index (χ3v) is 5.40. The van der Waals surface area contributed by atoms with Gasteiger partial charge in [-0.15, -0.1) is 0 Å². The number of fused-ring (bicyclic) bond motifs is 1. The van der Waals surface area contributed by atoms with Crippen LogP contribution in [-0.2, 0) is 6.42 Å². The number of aliphatic hydroxyl groups is 1. The van der Waals surface area contributed by atoms with Gasteiger partial charge in [0.2, 0.25) is 5.88 Å². The summed E-state index contributed by atoms with van der Waals surface area (Å²) in [5.74, 6) is 1.16. The summed E-state index contributed by atoms with van der Waals surface area (Å²) in [6.07, 6.45) is 3.06. The van der Waals surface area contributed by atoms with E-state index in [0.717, 1.165) is 24.8 Å². The summed E-state index contributed by atoms with van der Waals surface area (Å²) in [6.45, 7) is 2.80. The van der Waals surface area contributed by atoms with Crippen LogP contribution in [0.15, 0.2) is 12.4 Å². The molecule has 0 amide bonds. The zero-order valence-electron chi connectivity index (χ0n) is 16.2. The van der Waals surface area contributed by atoms with E-state index in [1.54, 1.807) is 6.20 Å². The first kappa shape index (κ1) is 20.8. The van der Waals surface area contributed by atoms with Gasteiger partial charge in [-0.1, -0.05) is 20.3 Å². The van der Waals surface area contributed by atoms with E-state index in [1.165, 1.54) is 6.20 Å². The number of alkyl halides is 3. The molecule has 2 aromatic heterocycles. The van der Waals surface area contributed by atoms with Gasteiger partial charge in [-0.3, -0.25) is 0 Å².